The van der Waals surface area contributed by atoms with Crippen LogP contribution in [0, 0.1) is 18.8 Å². The van der Waals surface area contributed by atoms with Crippen LogP contribution in [0.2, 0.25) is 0 Å². The number of hydrogen-bond acceptors (Lipinski definition) is 6. The lowest BCUT2D eigenvalue weighted by molar-refractivity contribution is -0.891. The number of carbonyl (C=O) groups excluding carboxylic acids is 2. The number of benzene rings is 1. The molecule has 0 aromatic heterocycles. The average molecular weight is 495 g/mol. The number of ether oxygens (including phenoxy) is 4. The van der Waals surface area contributed by atoms with E-state index in [4.69, 9.17) is 18.9 Å². The van der Waals surface area contributed by atoms with Gasteiger partial charge in [-0.25, -0.2) is 0 Å². The summed E-state index contributed by atoms with van der Waals surface area (Å²) < 4.78 is 23.1. The van der Waals surface area contributed by atoms with E-state index in [9.17, 15) is 9.59 Å². The van der Waals surface area contributed by atoms with Gasteiger partial charge < -0.3 is 23.4 Å². The Kier molecular flexibility index (Phi) is 13.3. The summed E-state index contributed by atoms with van der Waals surface area (Å²) >= 11 is 0. The summed E-state index contributed by atoms with van der Waals surface area (Å²) in [5.41, 5.74) is 0.919. The molecule has 1 aromatic carbocycles. The minimum Gasteiger partial charge on any atom is -0.493 e. The van der Waals surface area contributed by atoms with E-state index >= 15 is 0 Å². The summed E-state index contributed by atoms with van der Waals surface area (Å²) in [6.07, 6.45) is 2.21. The standard InChI is InChI=1S/C28H48NO6/c1-9-23(20-34-24-14-12-22(4)13-15-24)21-35-28(5,6)17-19-29(7,8)18-16-25(26(30)32-10-2)27(31)33-11-3/h12-15,23,25H,9-11,16-21H2,1-8H3/q+1. The second-order valence-corrected chi connectivity index (χ2v) is 10.4. The number of carbonyl (C=O) groups is 2. The molecule has 0 heterocycles. The van der Waals surface area contributed by atoms with E-state index in [1.807, 2.05) is 12.1 Å². The molecule has 200 valence electrons. The minimum absolute atomic E-state index is 0.243. The maximum absolute atomic E-state index is 12.3. The first-order chi connectivity index (χ1) is 16.4. The fourth-order valence-electron chi connectivity index (χ4n) is 3.53. The van der Waals surface area contributed by atoms with Crippen molar-refractivity contribution in [3.8, 4) is 5.75 Å². The second kappa shape index (κ2) is 15.1. The van der Waals surface area contributed by atoms with Crippen LogP contribution < -0.4 is 4.74 Å². The SMILES string of the molecule is CCOC(=O)C(CC[N+](C)(C)CCC(C)(C)OCC(CC)COc1ccc(C)cc1)C(=O)OCC. The van der Waals surface area contributed by atoms with E-state index in [0.717, 1.165) is 25.1 Å². The number of nitrogens with zero attached hydrogens (tertiary/aromatic N) is 1. The molecule has 7 heteroatoms. The Morgan fingerprint density at radius 1 is 0.914 bits per heavy atom. The van der Waals surface area contributed by atoms with Gasteiger partial charge in [0.25, 0.3) is 0 Å². The third kappa shape index (κ3) is 12.4. The molecule has 0 saturated heterocycles. The Labute approximate surface area is 212 Å². The van der Waals surface area contributed by atoms with Crippen molar-refractivity contribution >= 4 is 11.9 Å². The molecule has 7 nitrogen and oxygen atoms in total. The molecule has 0 radical (unpaired) electrons. The van der Waals surface area contributed by atoms with Gasteiger partial charge >= 0.3 is 11.9 Å². The smallest absolute Gasteiger partial charge is 0.320 e. The van der Waals surface area contributed by atoms with Crippen molar-refractivity contribution < 1.29 is 33.0 Å². The van der Waals surface area contributed by atoms with Crippen molar-refractivity contribution in [2.24, 2.45) is 11.8 Å². The highest BCUT2D eigenvalue weighted by molar-refractivity contribution is 5.94. The molecular weight excluding hydrogens is 446 g/mol. The number of hydrogen-bond donors (Lipinski definition) is 0. The zero-order valence-corrected chi connectivity index (χ0v) is 23.2. The fourth-order valence-corrected chi connectivity index (χ4v) is 3.53. The number of rotatable bonds is 17. The lowest BCUT2D eigenvalue weighted by Gasteiger charge is -2.35. The molecule has 0 saturated carbocycles. The summed E-state index contributed by atoms with van der Waals surface area (Å²) in [5, 5.41) is 0. The van der Waals surface area contributed by atoms with Crippen molar-refractivity contribution in [3.05, 3.63) is 29.8 Å². The van der Waals surface area contributed by atoms with E-state index < -0.39 is 17.9 Å². The Morgan fingerprint density at radius 2 is 1.49 bits per heavy atom. The molecule has 0 amide bonds. The third-order valence-electron chi connectivity index (χ3n) is 6.28. The van der Waals surface area contributed by atoms with Crippen molar-refractivity contribution in [3.63, 3.8) is 0 Å². The molecule has 0 N–H and O–H groups in total. The lowest BCUT2D eigenvalue weighted by atomic mass is 10.0. The Hall–Kier alpha value is -2.12. The molecule has 0 bridgehead atoms. The van der Waals surface area contributed by atoms with Crippen molar-refractivity contribution in [1.29, 1.82) is 0 Å². The molecule has 0 aliphatic rings. The van der Waals surface area contributed by atoms with Crippen LogP contribution in [0.15, 0.2) is 24.3 Å². The quantitative estimate of drug-likeness (QED) is 0.176. The van der Waals surface area contributed by atoms with Gasteiger partial charge in [0, 0.05) is 18.8 Å². The van der Waals surface area contributed by atoms with E-state index in [-0.39, 0.29) is 18.8 Å². The van der Waals surface area contributed by atoms with Gasteiger partial charge in [-0.15, -0.1) is 0 Å². The minimum atomic E-state index is -0.879. The maximum Gasteiger partial charge on any atom is 0.320 e. The van der Waals surface area contributed by atoms with Crippen molar-refractivity contribution in [2.45, 2.75) is 66.4 Å². The van der Waals surface area contributed by atoms with Crippen LogP contribution in [0.5, 0.6) is 5.75 Å². The van der Waals surface area contributed by atoms with E-state index in [1.165, 1.54) is 5.56 Å². The first kappa shape index (κ1) is 30.9. The summed E-state index contributed by atoms with van der Waals surface area (Å²) in [6, 6.07) is 8.11. The summed E-state index contributed by atoms with van der Waals surface area (Å²) in [4.78, 5) is 24.5. The van der Waals surface area contributed by atoms with E-state index in [2.05, 4.69) is 53.9 Å². The monoisotopic (exact) mass is 494 g/mol. The van der Waals surface area contributed by atoms with Crippen LogP contribution in [-0.4, -0.2) is 75.6 Å². The first-order valence-electron chi connectivity index (χ1n) is 12.9. The van der Waals surface area contributed by atoms with Gasteiger partial charge in [-0.1, -0.05) is 24.6 Å². The van der Waals surface area contributed by atoms with Crippen LogP contribution in [0.1, 0.15) is 59.4 Å². The predicted molar refractivity (Wildman–Crippen MR) is 138 cm³/mol. The van der Waals surface area contributed by atoms with Crippen molar-refractivity contribution in [1.82, 2.24) is 0 Å². The number of aryl methyl sites for hydroxylation is 1. The van der Waals surface area contributed by atoms with Crippen LogP contribution in [0.3, 0.4) is 0 Å². The maximum atomic E-state index is 12.3. The van der Waals surface area contributed by atoms with E-state index in [0.29, 0.717) is 36.6 Å². The van der Waals surface area contributed by atoms with Crippen LogP contribution in [0.25, 0.3) is 0 Å². The van der Waals surface area contributed by atoms with Crippen molar-refractivity contribution in [2.75, 3.05) is 53.6 Å². The van der Waals surface area contributed by atoms with Gasteiger partial charge in [-0.3, -0.25) is 9.59 Å². The normalized spacial score (nSPS) is 12.9. The van der Waals surface area contributed by atoms with Crippen LogP contribution in [-0.2, 0) is 23.8 Å². The van der Waals surface area contributed by atoms with Gasteiger partial charge in [0.15, 0.2) is 5.92 Å². The molecule has 0 aliphatic heterocycles. The highest BCUT2D eigenvalue weighted by atomic mass is 16.6. The molecule has 1 aromatic rings. The van der Waals surface area contributed by atoms with Crippen LogP contribution >= 0.6 is 0 Å². The molecular formula is C28H48NO6+. The summed E-state index contributed by atoms with van der Waals surface area (Å²) in [7, 11) is 4.21. The summed E-state index contributed by atoms with van der Waals surface area (Å²) in [5.74, 6) is -0.694. The van der Waals surface area contributed by atoms with Gasteiger partial charge in [-0.05, 0) is 53.2 Å². The van der Waals surface area contributed by atoms with Gasteiger partial charge in [0.05, 0.1) is 59.2 Å². The highest BCUT2D eigenvalue weighted by Gasteiger charge is 2.33. The molecule has 35 heavy (non-hydrogen) atoms. The largest absolute Gasteiger partial charge is 0.493 e. The lowest BCUT2D eigenvalue weighted by Crippen LogP contribution is -2.46. The Balaban J connectivity index is 2.54. The number of esters is 2. The number of quaternary nitrogens is 1. The first-order valence-corrected chi connectivity index (χ1v) is 12.9. The topological polar surface area (TPSA) is 71.1 Å². The van der Waals surface area contributed by atoms with Gasteiger partial charge in [0.1, 0.15) is 5.75 Å². The fraction of sp³-hybridized carbons (Fsp3) is 0.714. The van der Waals surface area contributed by atoms with Gasteiger partial charge in [-0.2, -0.15) is 0 Å². The average Bonchev–Trinajstić information content (AvgIpc) is 2.79. The molecule has 1 unspecified atom stereocenters. The zero-order valence-electron chi connectivity index (χ0n) is 23.2. The Bertz CT molecular complexity index is 741. The Morgan fingerprint density at radius 3 is 2.00 bits per heavy atom. The predicted octanol–water partition coefficient (Wildman–Crippen LogP) is 4.79. The molecule has 0 fully saturated rings. The third-order valence-corrected chi connectivity index (χ3v) is 6.28. The van der Waals surface area contributed by atoms with E-state index in [1.54, 1.807) is 13.8 Å². The molecule has 1 rings (SSSR count). The molecule has 0 aliphatic carbocycles. The molecule has 1 atom stereocenters. The summed E-state index contributed by atoms with van der Waals surface area (Å²) in [6.45, 7) is 15.2. The highest BCUT2D eigenvalue weighted by Crippen LogP contribution is 2.21. The van der Waals surface area contributed by atoms with Crippen LogP contribution in [0.4, 0.5) is 0 Å². The zero-order chi connectivity index (χ0) is 26.5. The second-order valence-electron chi connectivity index (χ2n) is 10.4. The van der Waals surface area contributed by atoms with Gasteiger partial charge in [0.2, 0.25) is 0 Å². The molecule has 0 spiro atoms.